The van der Waals surface area contributed by atoms with Crippen LogP contribution < -0.4 is 20.9 Å². The number of likely N-dealkylation sites (tertiary alicyclic amines) is 1. The number of ether oxygens (including phenoxy) is 3. The number of carbonyl (C=O) groups is 1. The molecule has 0 unspecified atom stereocenters. The van der Waals surface area contributed by atoms with Crippen LogP contribution in [0, 0.1) is 5.82 Å². The van der Waals surface area contributed by atoms with Crippen LogP contribution in [0.4, 0.5) is 4.39 Å². The van der Waals surface area contributed by atoms with Gasteiger partial charge in [-0.05, 0) is 68.6 Å². The molecular formula is C32H34FN7O5. The van der Waals surface area contributed by atoms with Crippen LogP contribution in [-0.2, 0) is 23.6 Å². The van der Waals surface area contributed by atoms with Gasteiger partial charge in [0.1, 0.15) is 17.3 Å². The topological polar surface area (TPSA) is 163 Å². The number of halogens is 1. The van der Waals surface area contributed by atoms with Gasteiger partial charge >= 0.3 is 0 Å². The zero-order valence-corrected chi connectivity index (χ0v) is 24.8. The van der Waals surface area contributed by atoms with Crippen LogP contribution in [0.5, 0.6) is 11.5 Å². The largest absolute Gasteiger partial charge is 0.444 e. The second-order valence-corrected chi connectivity index (χ2v) is 11.9. The summed E-state index contributed by atoms with van der Waals surface area (Å²) in [4.78, 5) is 23.2. The normalized spacial score (nSPS) is 22.1. The first-order valence-electron chi connectivity index (χ1n) is 15.0. The van der Waals surface area contributed by atoms with Gasteiger partial charge in [-0.25, -0.2) is 9.37 Å². The van der Waals surface area contributed by atoms with Crippen molar-refractivity contribution in [2.45, 2.75) is 57.1 Å². The molecule has 2 aromatic heterocycles. The van der Waals surface area contributed by atoms with Gasteiger partial charge in [0.15, 0.2) is 17.3 Å². The van der Waals surface area contributed by atoms with Crippen molar-refractivity contribution in [3.63, 3.8) is 0 Å². The predicted molar refractivity (Wildman–Crippen MR) is 162 cm³/mol. The van der Waals surface area contributed by atoms with Crippen LogP contribution in [-0.4, -0.2) is 62.2 Å². The van der Waals surface area contributed by atoms with Gasteiger partial charge in [-0.15, -0.1) is 0 Å². The molecule has 5 N–H and O–H groups in total. The summed E-state index contributed by atoms with van der Waals surface area (Å²) in [6.07, 6.45) is 4.63. The lowest BCUT2D eigenvalue weighted by Gasteiger charge is -2.33. The number of pyridine rings is 1. The number of nitrogens with zero attached hydrogens (tertiary/aromatic N) is 5. The first kappa shape index (κ1) is 29.0. The standard InChI is InChI=1S/C32H34FN7O5/c1-32(22-6-5-19(31(35)41)13-23(22)33)44-27-4-2-3-21(29(27)45-32)18-7-10-39(11-8-18)17-28-37-24-14-25(30(34)38-42)36-15-26(24)40(28)16-20-9-12-43-20/h2-6,13-15,18,20,42H,7-12,16-17H2,1H3,(H2,34,38)(H2,35,41)/t20-,32-/m0/s1. The Kier molecular flexibility index (Phi) is 7.29. The number of nitrogens with two attached hydrogens (primary N) is 2. The molecule has 2 saturated heterocycles. The minimum atomic E-state index is -1.38. The number of benzene rings is 2. The third-order valence-corrected chi connectivity index (χ3v) is 9.01. The number of primary amides is 1. The molecule has 12 nitrogen and oxygen atoms in total. The molecule has 0 spiro atoms. The van der Waals surface area contributed by atoms with Crippen LogP contribution in [0.1, 0.15) is 65.1 Å². The van der Waals surface area contributed by atoms with Crippen molar-refractivity contribution in [3.05, 3.63) is 82.7 Å². The predicted octanol–water partition coefficient (Wildman–Crippen LogP) is 3.58. The van der Waals surface area contributed by atoms with E-state index < -0.39 is 17.5 Å². The van der Waals surface area contributed by atoms with Crippen molar-refractivity contribution < 1.29 is 28.6 Å². The van der Waals surface area contributed by atoms with Gasteiger partial charge in [0.05, 0.1) is 42.0 Å². The number of carbonyl (C=O) groups excluding carboxylic acids is 1. The Bertz CT molecular complexity index is 1820. The fourth-order valence-electron chi connectivity index (χ4n) is 6.44. The second-order valence-electron chi connectivity index (χ2n) is 11.9. The SMILES string of the molecule is C[C@]1(c2ccc(C(N)=O)cc2F)Oc2cccc(C3CCN(Cc4nc5cc(C(N)=NO)ncc5n4C[C@@H]4CCO4)CC3)c2O1. The Morgan fingerprint density at radius 1 is 1.16 bits per heavy atom. The lowest BCUT2D eigenvalue weighted by molar-refractivity contribution is -0.0712. The van der Waals surface area contributed by atoms with E-state index >= 15 is 4.39 Å². The number of aromatic nitrogens is 3. The summed E-state index contributed by atoms with van der Waals surface area (Å²) in [7, 11) is 0. The maximum absolute atomic E-state index is 15.1. The molecule has 2 aromatic carbocycles. The zero-order valence-electron chi connectivity index (χ0n) is 24.8. The van der Waals surface area contributed by atoms with E-state index in [1.54, 1.807) is 19.2 Å². The van der Waals surface area contributed by atoms with Gasteiger partial charge in [0.25, 0.3) is 5.79 Å². The molecule has 234 valence electrons. The smallest absolute Gasteiger partial charge is 0.278 e. The summed E-state index contributed by atoms with van der Waals surface area (Å²) in [6, 6.07) is 11.6. The molecule has 45 heavy (non-hydrogen) atoms. The maximum atomic E-state index is 15.1. The summed E-state index contributed by atoms with van der Waals surface area (Å²) < 4.78 is 35.5. The molecule has 0 bridgehead atoms. The zero-order chi connectivity index (χ0) is 31.3. The van der Waals surface area contributed by atoms with Gasteiger partial charge in [-0.1, -0.05) is 17.3 Å². The average Bonchev–Trinajstić information content (AvgIpc) is 3.54. The number of hydrogen-bond donors (Lipinski definition) is 3. The van der Waals surface area contributed by atoms with Crippen LogP contribution in [0.25, 0.3) is 11.0 Å². The molecule has 7 rings (SSSR count). The van der Waals surface area contributed by atoms with E-state index in [0.717, 1.165) is 67.4 Å². The van der Waals surface area contributed by atoms with Crippen molar-refractivity contribution in [2.75, 3.05) is 19.7 Å². The van der Waals surface area contributed by atoms with Crippen molar-refractivity contribution in [1.82, 2.24) is 19.4 Å². The van der Waals surface area contributed by atoms with E-state index in [-0.39, 0.29) is 29.0 Å². The summed E-state index contributed by atoms with van der Waals surface area (Å²) >= 11 is 0. The number of imidazole rings is 1. The van der Waals surface area contributed by atoms with Crippen molar-refractivity contribution in [1.29, 1.82) is 0 Å². The Morgan fingerprint density at radius 3 is 2.64 bits per heavy atom. The summed E-state index contributed by atoms with van der Waals surface area (Å²) in [5, 5.41) is 12.2. The lowest BCUT2D eigenvalue weighted by atomic mass is 9.88. The number of piperidine rings is 1. The number of oxime groups is 1. The highest BCUT2D eigenvalue weighted by atomic mass is 19.1. The molecule has 2 atom stereocenters. The molecule has 5 heterocycles. The molecule has 0 aliphatic carbocycles. The van der Waals surface area contributed by atoms with Crippen molar-refractivity contribution >= 4 is 22.8 Å². The van der Waals surface area contributed by atoms with Gasteiger partial charge in [0.2, 0.25) is 5.91 Å². The van der Waals surface area contributed by atoms with E-state index in [1.807, 2.05) is 18.2 Å². The van der Waals surface area contributed by atoms with Crippen LogP contribution in [0.3, 0.4) is 0 Å². The molecule has 2 fully saturated rings. The van der Waals surface area contributed by atoms with Crippen molar-refractivity contribution in [2.24, 2.45) is 16.6 Å². The molecule has 0 radical (unpaired) electrons. The molecule has 4 aromatic rings. The average molecular weight is 616 g/mol. The van der Waals surface area contributed by atoms with Gasteiger partial charge in [-0.2, -0.15) is 0 Å². The molecule has 3 aliphatic heterocycles. The van der Waals surface area contributed by atoms with E-state index in [4.69, 9.17) is 35.9 Å². The Hall–Kier alpha value is -4.75. The first-order valence-corrected chi connectivity index (χ1v) is 15.0. The maximum Gasteiger partial charge on any atom is 0.278 e. The Labute approximate surface area is 258 Å². The summed E-state index contributed by atoms with van der Waals surface area (Å²) in [5.41, 5.74) is 14.4. The number of para-hydroxylation sites is 1. The first-order chi connectivity index (χ1) is 21.7. The Balaban J connectivity index is 1.07. The monoisotopic (exact) mass is 615 g/mol. The summed E-state index contributed by atoms with van der Waals surface area (Å²) in [6.45, 7) is 5.45. The number of rotatable bonds is 8. The quantitative estimate of drug-likeness (QED) is 0.116. The number of amides is 1. The van der Waals surface area contributed by atoms with Gasteiger partial charge in [-0.3, -0.25) is 14.7 Å². The minimum Gasteiger partial charge on any atom is -0.444 e. The third-order valence-electron chi connectivity index (χ3n) is 9.01. The van der Waals surface area contributed by atoms with Crippen LogP contribution in [0.15, 0.2) is 53.8 Å². The highest BCUT2D eigenvalue weighted by Crippen LogP contribution is 2.49. The minimum absolute atomic E-state index is 0.0642. The molecule has 1 amide bonds. The number of amidine groups is 1. The van der Waals surface area contributed by atoms with E-state index in [9.17, 15) is 4.79 Å². The number of hydrogen-bond acceptors (Lipinski definition) is 9. The van der Waals surface area contributed by atoms with Crippen LogP contribution >= 0.6 is 0 Å². The molecule has 0 saturated carbocycles. The van der Waals surface area contributed by atoms with E-state index in [1.165, 1.54) is 12.1 Å². The third kappa shape index (κ3) is 5.31. The van der Waals surface area contributed by atoms with Crippen LogP contribution in [0.2, 0.25) is 0 Å². The van der Waals surface area contributed by atoms with E-state index in [0.29, 0.717) is 30.3 Å². The highest BCUT2D eigenvalue weighted by Gasteiger charge is 2.43. The fourth-order valence-corrected chi connectivity index (χ4v) is 6.44. The fraction of sp³-hybridized carbons (Fsp3) is 0.375. The Morgan fingerprint density at radius 2 is 1.96 bits per heavy atom. The number of fused-ring (bicyclic) bond motifs is 2. The highest BCUT2D eigenvalue weighted by molar-refractivity contribution is 5.97. The van der Waals surface area contributed by atoms with E-state index in [2.05, 4.69) is 19.6 Å². The lowest BCUT2D eigenvalue weighted by Crippen LogP contribution is -2.35. The van der Waals surface area contributed by atoms with Gasteiger partial charge < -0.3 is 35.5 Å². The van der Waals surface area contributed by atoms with Gasteiger partial charge in [0, 0.05) is 24.7 Å². The summed E-state index contributed by atoms with van der Waals surface area (Å²) in [5.74, 6) is -0.464. The molecule has 3 aliphatic rings. The molecular weight excluding hydrogens is 581 g/mol. The molecule has 13 heteroatoms. The second kappa shape index (κ2) is 11.3. The van der Waals surface area contributed by atoms with Crippen molar-refractivity contribution in [3.8, 4) is 11.5 Å².